The van der Waals surface area contributed by atoms with E-state index in [-0.39, 0.29) is 55.0 Å². The molecule has 0 spiro atoms. The van der Waals surface area contributed by atoms with Gasteiger partial charge in [0.2, 0.25) is 0 Å². The Kier molecular flexibility index (Phi) is 15.9. The minimum Gasteiger partial charge on any atom is -0.461 e. The molecule has 0 bridgehead atoms. The number of hydrogen-bond acceptors (Lipinski definition) is 8. The van der Waals surface area contributed by atoms with Gasteiger partial charge in [-0.05, 0) is 53.8 Å². The lowest BCUT2D eigenvalue weighted by Crippen LogP contribution is -2.58. The van der Waals surface area contributed by atoms with Gasteiger partial charge in [0.1, 0.15) is 19.3 Å². The summed E-state index contributed by atoms with van der Waals surface area (Å²) >= 11 is 0. The zero-order valence-corrected chi connectivity index (χ0v) is 33.1. The largest absolute Gasteiger partial charge is 0.461 e. The molecule has 2 aromatic rings. The minimum atomic E-state index is -2.60. The maximum absolute atomic E-state index is 14.0. The number of alkyl carbamates (subject to hydrolysis) is 1. The quantitative estimate of drug-likeness (QED) is 0.0936. The number of Topliss-reactive ketones (excluding diaryl/α,β-unsaturated/α-hetero) is 1. The molecule has 10 nitrogen and oxygen atoms in total. The van der Waals surface area contributed by atoms with Crippen LogP contribution in [0, 0.1) is 0 Å². The fraction of sp³-hybridized carbons (Fsp3) is 0.568. The van der Waals surface area contributed by atoms with E-state index in [1.54, 1.807) is 0 Å². The van der Waals surface area contributed by atoms with Crippen molar-refractivity contribution in [2.75, 3.05) is 13.1 Å². The van der Waals surface area contributed by atoms with Crippen molar-refractivity contribution in [3.8, 4) is 0 Å². The Balaban J connectivity index is 2.18. The Labute approximate surface area is 295 Å². The third kappa shape index (κ3) is 14.2. The second kappa shape index (κ2) is 18.6. The summed E-state index contributed by atoms with van der Waals surface area (Å²) in [5.74, 6) is -1.25. The smallest absolute Gasteiger partial charge is 0.407 e. The van der Waals surface area contributed by atoms with Crippen LogP contribution < -0.4 is 10.6 Å². The Morgan fingerprint density at radius 1 is 0.633 bits per heavy atom. The normalized spacial score (nSPS) is 13.6. The minimum absolute atomic E-state index is 0.0137. The zero-order chi connectivity index (χ0) is 36.9. The van der Waals surface area contributed by atoms with Gasteiger partial charge < -0.3 is 29.0 Å². The van der Waals surface area contributed by atoms with Crippen molar-refractivity contribution in [2.45, 2.75) is 122 Å². The summed E-state index contributed by atoms with van der Waals surface area (Å²) in [7, 11) is -5.20. The first kappa shape index (κ1) is 41.8. The number of amides is 2. The first-order chi connectivity index (χ1) is 22.7. The number of ketones is 1. The molecule has 12 heteroatoms. The summed E-state index contributed by atoms with van der Waals surface area (Å²) in [5.41, 5.74) is 1.74. The van der Waals surface area contributed by atoms with E-state index in [0.717, 1.165) is 11.1 Å². The highest BCUT2D eigenvalue weighted by atomic mass is 28.4. The fourth-order valence-electron chi connectivity index (χ4n) is 4.11. The van der Waals surface area contributed by atoms with E-state index >= 15 is 0 Å². The van der Waals surface area contributed by atoms with E-state index in [1.165, 1.54) is 0 Å². The van der Waals surface area contributed by atoms with E-state index in [1.807, 2.05) is 86.9 Å². The van der Waals surface area contributed by atoms with Gasteiger partial charge in [0.05, 0.1) is 6.42 Å². The molecule has 2 amide bonds. The molecule has 0 saturated heterocycles. The number of rotatable bonds is 18. The number of esters is 1. The van der Waals surface area contributed by atoms with Gasteiger partial charge in [-0.15, -0.1) is 0 Å². The summed E-state index contributed by atoms with van der Waals surface area (Å²) in [5, 5.41) is 5.00. The summed E-state index contributed by atoms with van der Waals surface area (Å²) in [6.07, 6.45) is -2.66. The molecule has 0 radical (unpaired) electrons. The molecule has 0 aliphatic carbocycles. The van der Waals surface area contributed by atoms with Crippen molar-refractivity contribution in [3.05, 3.63) is 71.8 Å². The number of nitrogens with one attached hydrogen (secondary N) is 2. The molecule has 2 rings (SSSR count). The Morgan fingerprint density at radius 3 is 1.59 bits per heavy atom. The molecule has 0 aliphatic rings. The van der Waals surface area contributed by atoms with E-state index in [0.29, 0.717) is 6.42 Å². The van der Waals surface area contributed by atoms with Crippen LogP contribution in [0.1, 0.15) is 71.9 Å². The molecule has 0 aromatic heterocycles. The topological polar surface area (TPSA) is 129 Å². The third-order valence-corrected chi connectivity index (χ3v) is 18.2. The van der Waals surface area contributed by atoms with Gasteiger partial charge in [-0.3, -0.25) is 14.4 Å². The summed E-state index contributed by atoms with van der Waals surface area (Å²) < 4.78 is 24.0. The molecule has 0 unspecified atom stereocenters. The molecular formula is C37H58N2O8Si2. The molecule has 0 fully saturated rings. The maximum Gasteiger partial charge on any atom is 0.407 e. The third-order valence-electron chi connectivity index (χ3n) is 9.26. The van der Waals surface area contributed by atoms with Gasteiger partial charge in [-0.2, -0.15) is 0 Å². The van der Waals surface area contributed by atoms with E-state index < -0.39 is 46.8 Å². The standard InChI is InChI=1S/C37H58N2O8Si2/c1-36(2,3)48(7,8)46-32(30(40)22-17-24-39-35(43)45-27-29-20-15-12-16-21-29)33(47-49(9,10)37(4,5)6)34(42)38-25-23-31(41)44-26-28-18-13-11-14-19-28/h11-16,18-21,32-33H,17,22-27H2,1-10H3,(H,38,42)(H,39,43)/t32-,33-/m0/s1. The van der Waals surface area contributed by atoms with Gasteiger partial charge in [0.25, 0.3) is 5.91 Å². The fourth-order valence-corrected chi connectivity index (χ4v) is 6.57. The van der Waals surface area contributed by atoms with E-state index in [9.17, 15) is 19.2 Å². The average molecular weight is 715 g/mol. The van der Waals surface area contributed by atoms with Crippen LogP contribution in [0.25, 0.3) is 0 Å². The highest BCUT2D eigenvalue weighted by molar-refractivity contribution is 6.75. The highest BCUT2D eigenvalue weighted by Crippen LogP contribution is 2.40. The van der Waals surface area contributed by atoms with Crippen molar-refractivity contribution < 1.29 is 37.5 Å². The van der Waals surface area contributed by atoms with E-state index in [2.05, 4.69) is 52.2 Å². The van der Waals surface area contributed by atoms with Crippen LogP contribution >= 0.6 is 0 Å². The summed E-state index contributed by atoms with van der Waals surface area (Å²) in [4.78, 5) is 52.7. The highest BCUT2D eigenvalue weighted by Gasteiger charge is 2.48. The van der Waals surface area contributed by atoms with Gasteiger partial charge in [-0.25, -0.2) is 4.79 Å². The van der Waals surface area contributed by atoms with Crippen LogP contribution in [0.5, 0.6) is 0 Å². The van der Waals surface area contributed by atoms with Crippen LogP contribution in [-0.4, -0.2) is 65.7 Å². The first-order valence-corrected chi connectivity index (χ1v) is 22.9. The Hall–Kier alpha value is -3.33. The van der Waals surface area contributed by atoms with Crippen molar-refractivity contribution >= 4 is 40.4 Å². The maximum atomic E-state index is 14.0. The lowest BCUT2D eigenvalue weighted by atomic mass is 10.0. The molecule has 0 aliphatic heterocycles. The summed E-state index contributed by atoms with van der Waals surface area (Å²) in [6, 6.07) is 18.7. The predicted molar refractivity (Wildman–Crippen MR) is 197 cm³/mol. The number of carbonyl (C=O) groups is 4. The lowest BCUT2D eigenvalue weighted by molar-refractivity contribution is -0.145. The van der Waals surface area contributed by atoms with Gasteiger partial charge in [-0.1, -0.05) is 102 Å². The van der Waals surface area contributed by atoms with Gasteiger partial charge in [0, 0.05) is 19.5 Å². The second-order valence-electron chi connectivity index (χ2n) is 15.3. The molecule has 0 saturated carbocycles. The SMILES string of the molecule is CC(C)(C)[Si](C)(C)O[C@H](C(=O)NCCC(=O)OCc1ccccc1)[C@@H](O[Si](C)(C)C(C)(C)C)C(=O)CCCNC(=O)OCc1ccccc1. The number of hydrogen-bond donors (Lipinski definition) is 2. The second-order valence-corrected chi connectivity index (χ2v) is 24.9. The number of ether oxygens (including phenoxy) is 2. The Bertz CT molecular complexity index is 1360. The van der Waals surface area contributed by atoms with Crippen LogP contribution in [0.3, 0.4) is 0 Å². The number of carbonyl (C=O) groups excluding carboxylic acids is 4. The van der Waals surface area contributed by atoms with Crippen LogP contribution in [0.4, 0.5) is 4.79 Å². The van der Waals surface area contributed by atoms with Gasteiger partial charge in [0.15, 0.2) is 28.5 Å². The van der Waals surface area contributed by atoms with Crippen molar-refractivity contribution in [2.24, 2.45) is 0 Å². The van der Waals surface area contributed by atoms with Crippen LogP contribution in [0.2, 0.25) is 36.3 Å². The van der Waals surface area contributed by atoms with Crippen molar-refractivity contribution in [1.29, 1.82) is 0 Å². The van der Waals surface area contributed by atoms with Crippen LogP contribution in [0.15, 0.2) is 60.7 Å². The zero-order valence-electron chi connectivity index (χ0n) is 31.1. The van der Waals surface area contributed by atoms with Crippen LogP contribution in [-0.2, 0) is 45.9 Å². The molecule has 49 heavy (non-hydrogen) atoms. The molecule has 2 N–H and O–H groups in total. The molecule has 2 atom stereocenters. The van der Waals surface area contributed by atoms with Gasteiger partial charge >= 0.3 is 12.1 Å². The first-order valence-electron chi connectivity index (χ1n) is 17.0. The van der Waals surface area contributed by atoms with Crippen molar-refractivity contribution in [3.63, 3.8) is 0 Å². The molecular weight excluding hydrogens is 657 g/mol. The predicted octanol–water partition coefficient (Wildman–Crippen LogP) is 7.29. The molecule has 2 aromatic carbocycles. The lowest BCUT2D eigenvalue weighted by Gasteiger charge is -2.44. The Morgan fingerprint density at radius 2 is 1.10 bits per heavy atom. The van der Waals surface area contributed by atoms with Crippen molar-refractivity contribution in [1.82, 2.24) is 10.6 Å². The average Bonchev–Trinajstić information content (AvgIpc) is 3.02. The monoisotopic (exact) mass is 714 g/mol. The summed E-state index contributed by atoms with van der Waals surface area (Å²) in [6.45, 7) is 21.0. The molecule has 272 valence electrons. The number of benzene rings is 2. The molecule has 0 heterocycles. The van der Waals surface area contributed by atoms with E-state index in [4.69, 9.17) is 18.3 Å².